The summed E-state index contributed by atoms with van der Waals surface area (Å²) in [4.78, 5) is 34.6. The number of carbonyl (C=O) groups excluding carboxylic acids is 2. The van der Waals surface area contributed by atoms with Crippen molar-refractivity contribution in [2.45, 2.75) is 71.3 Å². The number of benzene rings is 1. The second-order valence-electron chi connectivity index (χ2n) is 10.3. The van der Waals surface area contributed by atoms with Crippen LogP contribution in [0.5, 0.6) is 0 Å². The van der Waals surface area contributed by atoms with E-state index in [2.05, 4.69) is 20.6 Å². The lowest BCUT2D eigenvalue weighted by Crippen LogP contribution is -2.40. The van der Waals surface area contributed by atoms with Crippen molar-refractivity contribution in [1.82, 2.24) is 15.3 Å². The molecule has 1 aromatic carbocycles. The van der Waals surface area contributed by atoms with E-state index >= 15 is 0 Å². The van der Waals surface area contributed by atoms with Gasteiger partial charge in [0.1, 0.15) is 11.9 Å². The van der Waals surface area contributed by atoms with Gasteiger partial charge in [0, 0.05) is 53.3 Å². The predicted molar refractivity (Wildman–Crippen MR) is 149 cm³/mol. The van der Waals surface area contributed by atoms with Crippen LogP contribution >= 0.6 is 0 Å². The van der Waals surface area contributed by atoms with Gasteiger partial charge in [0.05, 0.1) is 6.61 Å². The number of aryl methyl sites for hydroxylation is 1. The molecule has 0 saturated heterocycles. The van der Waals surface area contributed by atoms with E-state index in [4.69, 9.17) is 4.74 Å². The van der Waals surface area contributed by atoms with Gasteiger partial charge in [0.15, 0.2) is 5.78 Å². The first kappa shape index (κ1) is 25.9. The van der Waals surface area contributed by atoms with Crippen LogP contribution in [0, 0.1) is 12.8 Å². The molecule has 0 amide bonds. The van der Waals surface area contributed by atoms with Gasteiger partial charge >= 0.3 is 5.97 Å². The summed E-state index contributed by atoms with van der Waals surface area (Å²) in [6.07, 6.45) is 11.0. The van der Waals surface area contributed by atoms with Crippen LogP contribution in [0.2, 0.25) is 0 Å². The Morgan fingerprint density at radius 3 is 2.66 bits per heavy atom. The number of allylic oxidation sites excluding steroid dienone is 2. The Balaban J connectivity index is 1.33. The van der Waals surface area contributed by atoms with Gasteiger partial charge in [0.25, 0.3) is 0 Å². The van der Waals surface area contributed by atoms with Crippen LogP contribution in [0.1, 0.15) is 63.1 Å². The van der Waals surface area contributed by atoms with Gasteiger partial charge in [-0.3, -0.25) is 9.78 Å². The first-order chi connectivity index (χ1) is 18.5. The number of carbonyl (C=O) groups is 2. The molecule has 2 heterocycles. The number of esters is 1. The van der Waals surface area contributed by atoms with Crippen LogP contribution in [0.25, 0.3) is 10.8 Å². The number of rotatable bonds is 9. The van der Waals surface area contributed by atoms with E-state index in [9.17, 15) is 9.59 Å². The van der Waals surface area contributed by atoms with Crippen molar-refractivity contribution in [3.8, 4) is 0 Å². The third-order valence-corrected chi connectivity index (χ3v) is 7.58. The van der Waals surface area contributed by atoms with Crippen molar-refractivity contribution in [3.05, 3.63) is 71.3 Å². The van der Waals surface area contributed by atoms with Crippen LogP contribution in [0.3, 0.4) is 0 Å². The van der Waals surface area contributed by atoms with E-state index in [0.29, 0.717) is 31.8 Å². The second-order valence-corrected chi connectivity index (χ2v) is 10.3. The van der Waals surface area contributed by atoms with Crippen LogP contribution in [0.4, 0.5) is 11.5 Å². The lowest BCUT2D eigenvalue weighted by atomic mass is 9.82. The maximum Gasteiger partial charge on any atom is 0.328 e. The van der Waals surface area contributed by atoms with Crippen molar-refractivity contribution in [2.24, 2.45) is 5.92 Å². The SMILES string of the molecule is CCOC(=O)C(Cc1ccc(Nc2nc(C)cc3ccncc23)cc1)NC1=C(C2CCCCC2)C(=O)CC1. The minimum atomic E-state index is -0.540. The van der Waals surface area contributed by atoms with E-state index in [1.54, 1.807) is 6.20 Å². The van der Waals surface area contributed by atoms with E-state index in [1.807, 2.05) is 56.4 Å². The van der Waals surface area contributed by atoms with Crippen molar-refractivity contribution in [1.29, 1.82) is 0 Å². The van der Waals surface area contributed by atoms with Gasteiger partial charge in [-0.05, 0) is 74.2 Å². The zero-order valence-electron chi connectivity index (χ0n) is 22.3. The normalized spacial score (nSPS) is 17.1. The average Bonchev–Trinajstić information content (AvgIpc) is 3.29. The van der Waals surface area contributed by atoms with Gasteiger partial charge in [0.2, 0.25) is 0 Å². The maximum absolute atomic E-state index is 12.9. The quantitative estimate of drug-likeness (QED) is 0.343. The Bertz CT molecular complexity index is 1340. The zero-order valence-corrected chi connectivity index (χ0v) is 22.3. The lowest BCUT2D eigenvalue weighted by Gasteiger charge is -2.25. The Hall–Kier alpha value is -3.74. The molecule has 5 rings (SSSR count). The van der Waals surface area contributed by atoms with Crippen molar-refractivity contribution in [3.63, 3.8) is 0 Å². The Labute approximate surface area is 224 Å². The molecule has 1 fully saturated rings. The smallest absolute Gasteiger partial charge is 0.328 e. The molecule has 0 bridgehead atoms. The number of Topliss-reactive ketones (excluding diaryl/α,β-unsaturated/α-hetero) is 1. The van der Waals surface area contributed by atoms with Gasteiger partial charge in [-0.2, -0.15) is 0 Å². The van der Waals surface area contributed by atoms with E-state index in [1.165, 1.54) is 19.3 Å². The number of pyridine rings is 2. The zero-order chi connectivity index (χ0) is 26.5. The van der Waals surface area contributed by atoms with E-state index in [-0.39, 0.29) is 11.8 Å². The highest BCUT2D eigenvalue weighted by Gasteiger charge is 2.33. The standard InChI is InChI=1S/C31H36N4O3/c1-3-38-31(37)27(35-26-13-14-28(36)29(26)22-7-5-4-6-8-22)18-21-9-11-24(12-10-21)34-30-25-19-32-16-15-23(25)17-20(2)33-30/h9-12,15-17,19,22,27,35H,3-8,13-14,18H2,1-2H3,(H,33,34). The predicted octanol–water partition coefficient (Wildman–Crippen LogP) is 5.94. The van der Waals surface area contributed by atoms with E-state index in [0.717, 1.165) is 57.6 Å². The van der Waals surface area contributed by atoms with Crippen LogP contribution < -0.4 is 10.6 Å². The number of nitrogens with zero attached hydrogens (tertiary/aromatic N) is 2. The monoisotopic (exact) mass is 512 g/mol. The molecule has 0 radical (unpaired) electrons. The fourth-order valence-electron chi connectivity index (χ4n) is 5.75. The molecule has 2 N–H and O–H groups in total. The van der Waals surface area contributed by atoms with Gasteiger partial charge in [-0.15, -0.1) is 0 Å². The number of ketones is 1. The molecule has 7 nitrogen and oxygen atoms in total. The fraction of sp³-hybridized carbons (Fsp3) is 0.419. The minimum Gasteiger partial charge on any atom is -0.464 e. The topological polar surface area (TPSA) is 93.2 Å². The van der Waals surface area contributed by atoms with Crippen molar-refractivity contribution in [2.75, 3.05) is 11.9 Å². The molecule has 0 spiro atoms. The molecule has 1 unspecified atom stereocenters. The largest absolute Gasteiger partial charge is 0.464 e. The first-order valence-corrected chi connectivity index (χ1v) is 13.8. The fourth-order valence-corrected chi connectivity index (χ4v) is 5.75. The van der Waals surface area contributed by atoms with Crippen LogP contribution in [-0.4, -0.2) is 34.4 Å². The summed E-state index contributed by atoms with van der Waals surface area (Å²) in [5.41, 5.74) is 4.73. The molecule has 7 heteroatoms. The molecule has 2 aliphatic rings. The summed E-state index contributed by atoms with van der Waals surface area (Å²) in [6, 6.07) is 11.5. The number of aromatic nitrogens is 2. The molecule has 1 atom stereocenters. The molecule has 1 saturated carbocycles. The number of hydrogen-bond acceptors (Lipinski definition) is 7. The highest BCUT2D eigenvalue weighted by atomic mass is 16.5. The van der Waals surface area contributed by atoms with Gasteiger partial charge < -0.3 is 15.4 Å². The highest BCUT2D eigenvalue weighted by molar-refractivity contribution is 5.99. The highest BCUT2D eigenvalue weighted by Crippen LogP contribution is 2.36. The average molecular weight is 513 g/mol. The second kappa shape index (κ2) is 11.8. The number of fused-ring (bicyclic) bond motifs is 1. The molecule has 0 aliphatic heterocycles. The van der Waals surface area contributed by atoms with E-state index < -0.39 is 6.04 Å². The summed E-state index contributed by atoms with van der Waals surface area (Å²) in [5, 5.41) is 8.92. The molecule has 3 aromatic rings. The Kier molecular flexibility index (Phi) is 8.01. The number of nitrogens with one attached hydrogen (secondary N) is 2. The third-order valence-electron chi connectivity index (χ3n) is 7.58. The van der Waals surface area contributed by atoms with Crippen molar-refractivity contribution >= 4 is 34.0 Å². The number of ether oxygens (including phenoxy) is 1. The molecule has 198 valence electrons. The third kappa shape index (κ3) is 5.87. The first-order valence-electron chi connectivity index (χ1n) is 13.8. The summed E-state index contributed by atoms with van der Waals surface area (Å²) in [6.45, 7) is 4.11. The summed E-state index contributed by atoms with van der Waals surface area (Å²) < 4.78 is 5.41. The van der Waals surface area contributed by atoms with Crippen molar-refractivity contribution < 1.29 is 14.3 Å². The molecular weight excluding hydrogens is 476 g/mol. The maximum atomic E-state index is 12.9. The molecule has 2 aromatic heterocycles. The lowest BCUT2D eigenvalue weighted by molar-refractivity contribution is -0.145. The molecule has 38 heavy (non-hydrogen) atoms. The summed E-state index contributed by atoms with van der Waals surface area (Å²) in [5.74, 6) is 1.04. The summed E-state index contributed by atoms with van der Waals surface area (Å²) in [7, 11) is 0. The summed E-state index contributed by atoms with van der Waals surface area (Å²) >= 11 is 0. The Morgan fingerprint density at radius 2 is 1.89 bits per heavy atom. The van der Waals surface area contributed by atoms with Crippen LogP contribution in [-0.2, 0) is 20.7 Å². The Morgan fingerprint density at radius 1 is 1.11 bits per heavy atom. The molecular formula is C31H36N4O3. The van der Waals surface area contributed by atoms with Gasteiger partial charge in [-0.1, -0.05) is 31.4 Å². The number of hydrogen-bond donors (Lipinski definition) is 2. The molecule has 2 aliphatic carbocycles. The van der Waals surface area contributed by atoms with Gasteiger partial charge in [-0.25, -0.2) is 9.78 Å². The minimum absolute atomic E-state index is 0.241. The van der Waals surface area contributed by atoms with Crippen LogP contribution in [0.15, 0.2) is 60.1 Å². The number of anilines is 2.